The molecule has 5 rings (SSSR count). The Bertz CT molecular complexity index is 1040. The molecule has 0 spiro atoms. The van der Waals surface area contributed by atoms with Gasteiger partial charge in [0.25, 0.3) is 0 Å². The van der Waals surface area contributed by atoms with Gasteiger partial charge in [0, 0.05) is 0 Å². The molecular formula is C19H12O6. The number of carboxylic acids is 1. The molecule has 0 saturated carbocycles. The van der Waals surface area contributed by atoms with Crippen LogP contribution in [-0.2, 0) is 0 Å². The first-order chi connectivity index (χ1) is 12.2. The minimum absolute atomic E-state index is 0.163. The predicted molar refractivity (Wildman–Crippen MR) is 88.6 cm³/mol. The van der Waals surface area contributed by atoms with Crippen molar-refractivity contribution in [1.29, 1.82) is 0 Å². The molecular weight excluding hydrogens is 324 g/mol. The van der Waals surface area contributed by atoms with E-state index in [4.69, 9.17) is 18.9 Å². The lowest BCUT2D eigenvalue weighted by molar-refractivity contribution is 0.0697. The maximum Gasteiger partial charge on any atom is 0.335 e. The topological polar surface area (TPSA) is 74.2 Å². The van der Waals surface area contributed by atoms with E-state index < -0.39 is 5.97 Å². The summed E-state index contributed by atoms with van der Waals surface area (Å²) in [6.07, 6.45) is 0. The highest BCUT2D eigenvalue weighted by atomic mass is 16.7. The summed E-state index contributed by atoms with van der Waals surface area (Å²) in [4.78, 5) is 11.5. The van der Waals surface area contributed by atoms with E-state index in [1.165, 1.54) is 0 Å². The van der Waals surface area contributed by atoms with Gasteiger partial charge < -0.3 is 24.1 Å². The molecule has 0 amide bonds. The van der Waals surface area contributed by atoms with Crippen LogP contribution in [0.4, 0.5) is 0 Å². The van der Waals surface area contributed by atoms with Crippen LogP contribution in [0.2, 0.25) is 0 Å². The molecule has 0 fully saturated rings. The van der Waals surface area contributed by atoms with E-state index in [0.717, 1.165) is 21.9 Å². The lowest BCUT2D eigenvalue weighted by Crippen LogP contribution is -1.97. The van der Waals surface area contributed by atoms with Crippen molar-refractivity contribution in [2.75, 3.05) is 13.6 Å². The van der Waals surface area contributed by atoms with Crippen LogP contribution in [-0.4, -0.2) is 24.7 Å². The number of ether oxygens (including phenoxy) is 4. The Kier molecular flexibility index (Phi) is 2.82. The van der Waals surface area contributed by atoms with Crippen molar-refractivity contribution in [2.24, 2.45) is 0 Å². The van der Waals surface area contributed by atoms with Crippen LogP contribution in [0.15, 0.2) is 42.5 Å². The number of carbonyl (C=O) groups is 1. The first kappa shape index (κ1) is 14.0. The summed E-state index contributed by atoms with van der Waals surface area (Å²) >= 11 is 0. The molecule has 0 aliphatic carbocycles. The second-order valence-corrected chi connectivity index (χ2v) is 5.82. The second kappa shape index (κ2) is 5.04. The summed E-state index contributed by atoms with van der Waals surface area (Å²) in [5, 5.41) is 11.1. The van der Waals surface area contributed by atoms with E-state index in [1.807, 2.05) is 24.3 Å². The molecule has 0 aromatic heterocycles. The fourth-order valence-electron chi connectivity index (χ4n) is 3.18. The average molecular weight is 336 g/mol. The van der Waals surface area contributed by atoms with Crippen molar-refractivity contribution in [3.05, 3.63) is 48.0 Å². The molecule has 6 nitrogen and oxygen atoms in total. The maximum atomic E-state index is 11.5. The molecule has 25 heavy (non-hydrogen) atoms. The lowest BCUT2D eigenvalue weighted by Gasteiger charge is -2.11. The van der Waals surface area contributed by atoms with Gasteiger partial charge in [0.2, 0.25) is 13.6 Å². The van der Waals surface area contributed by atoms with E-state index >= 15 is 0 Å². The summed E-state index contributed by atoms with van der Waals surface area (Å²) in [6, 6.07) is 12.5. The van der Waals surface area contributed by atoms with Crippen molar-refractivity contribution in [1.82, 2.24) is 0 Å². The van der Waals surface area contributed by atoms with Gasteiger partial charge in [-0.1, -0.05) is 6.07 Å². The number of carboxylic acid groups (broad SMARTS) is 1. The smallest absolute Gasteiger partial charge is 0.335 e. The highest BCUT2D eigenvalue weighted by Gasteiger charge is 2.20. The van der Waals surface area contributed by atoms with Crippen LogP contribution in [0.1, 0.15) is 10.4 Å². The molecule has 0 unspecified atom stereocenters. The second-order valence-electron chi connectivity index (χ2n) is 5.82. The van der Waals surface area contributed by atoms with Crippen molar-refractivity contribution < 1.29 is 28.8 Å². The Morgan fingerprint density at radius 3 is 2.24 bits per heavy atom. The molecule has 6 heteroatoms. The van der Waals surface area contributed by atoms with Crippen LogP contribution in [0.3, 0.4) is 0 Å². The van der Waals surface area contributed by atoms with Crippen LogP contribution >= 0.6 is 0 Å². The highest BCUT2D eigenvalue weighted by Crippen LogP contribution is 2.42. The van der Waals surface area contributed by atoms with Gasteiger partial charge in [0.05, 0.1) is 5.56 Å². The third-order valence-electron chi connectivity index (χ3n) is 4.38. The van der Waals surface area contributed by atoms with E-state index in [2.05, 4.69) is 0 Å². The summed E-state index contributed by atoms with van der Waals surface area (Å²) in [6.45, 7) is 0.351. The van der Waals surface area contributed by atoms with E-state index in [0.29, 0.717) is 23.0 Å². The summed E-state index contributed by atoms with van der Waals surface area (Å²) in [7, 11) is 0. The zero-order valence-corrected chi connectivity index (χ0v) is 12.9. The molecule has 0 atom stereocenters. The Labute approximate surface area is 142 Å². The van der Waals surface area contributed by atoms with Crippen molar-refractivity contribution in [3.63, 3.8) is 0 Å². The van der Waals surface area contributed by atoms with Gasteiger partial charge in [-0.3, -0.25) is 0 Å². The zero-order chi connectivity index (χ0) is 17.0. The number of hydrogen-bond acceptors (Lipinski definition) is 5. The molecule has 0 saturated heterocycles. The number of hydrogen-bond donors (Lipinski definition) is 1. The Morgan fingerprint density at radius 2 is 1.48 bits per heavy atom. The monoisotopic (exact) mass is 336 g/mol. The summed E-state index contributed by atoms with van der Waals surface area (Å²) in [5.74, 6) is 1.61. The summed E-state index contributed by atoms with van der Waals surface area (Å²) in [5.41, 5.74) is 1.83. The number of aromatic carboxylic acids is 1. The van der Waals surface area contributed by atoms with Crippen molar-refractivity contribution in [2.45, 2.75) is 0 Å². The van der Waals surface area contributed by atoms with Crippen LogP contribution in [0, 0.1) is 0 Å². The molecule has 3 aromatic rings. The molecule has 2 heterocycles. The third kappa shape index (κ3) is 2.15. The SMILES string of the molecule is O=C(O)c1cc(-c2ccc3c(c2)OCO3)c2cc3c(cc2c1)OCO3. The average Bonchev–Trinajstić information content (AvgIpc) is 3.26. The van der Waals surface area contributed by atoms with Crippen molar-refractivity contribution >= 4 is 16.7 Å². The predicted octanol–water partition coefficient (Wildman–Crippen LogP) is 3.66. The Morgan fingerprint density at radius 1 is 0.800 bits per heavy atom. The van der Waals surface area contributed by atoms with Gasteiger partial charge >= 0.3 is 5.97 Å². The largest absolute Gasteiger partial charge is 0.478 e. The standard InChI is InChI=1S/C19H12O6/c20-19(21)12-3-11-6-17-18(25-9-24-17)7-14(11)13(4-12)10-1-2-15-16(5-10)23-8-22-15/h1-7H,8-9H2,(H,20,21). The van der Waals surface area contributed by atoms with Crippen LogP contribution < -0.4 is 18.9 Å². The van der Waals surface area contributed by atoms with E-state index in [-0.39, 0.29) is 19.1 Å². The van der Waals surface area contributed by atoms with Crippen LogP contribution in [0.5, 0.6) is 23.0 Å². The third-order valence-corrected chi connectivity index (χ3v) is 4.38. The molecule has 2 aliphatic heterocycles. The first-order valence-electron chi connectivity index (χ1n) is 7.70. The molecule has 0 radical (unpaired) electrons. The molecule has 1 N–H and O–H groups in total. The zero-order valence-electron chi connectivity index (χ0n) is 12.9. The normalized spacial score (nSPS) is 14.1. The van der Waals surface area contributed by atoms with Gasteiger partial charge in [-0.05, 0) is 58.3 Å². The number of rotatable bonds is 2. The van der Waals surface area contributed by atoms with Gasteiger partial charge in [-0.15, -0.1) is 0 Å². The minimum atomic E-state index is -0.985. The highest BCUT2D eigenvalue weighted by molar-refractivity contribution is 6.04. The number of benzene rings is 3. The molecule has 2 aliphatic rings. The van der Waals surface area contributed by atoms with E-state index in [1.54, 1.807) is 18.2 Å². The van der Waals surface area contributed by atoms with Crippen molar-refractivity contribution in [3.8, 4) is 34.1 Å². The fraction of sp³-hybridized carbons (Fsp3) is 0.105. The molecule has 124 valence electrons. The van der Waals surface area contributed by atoms with Gasteiger partial charge in [-0.2, -0.15) is 0 Å². The minimum Gasteiger partial charge on any atom is -0.478 e. The van der Waals surface area contributed by atoms with Crippen LogP contribution in [0.25, 0.3) is 21.9 Å². The van der Waals surface area contributed by atoms with E-state index in [9.17, 15) is 9.90 Å². The molecule has 3 aromatic carbocycles. The number of fused-ring (bicyclic) bond motifs is 3. The Hall–Kier alpha value is -3.41. The lowest BCUT2D eigenvalue weighted by atomic mass is 9.95. The summed E-state index contributed by atoms with van der Waals surface area (Å²) < 4.78 is 21.7. The Balaban J connectivity index is 1.79. The van der Waals surface area contributed by atoms with Gasteiger partial charge in [-0.25, -0.2) is 4.79 Å². The van der Waals surface area contributed by atoms with Gasteiger partial charge in [0.1, 0.15) is 0 Å². The fourth-order valence-corrected chi connectivity index (χ4v) is 3.18. The quantitative estimate of drug-likeness (QED) is 0.770. The molecule has 0 bridgehead atoms. The van der Waals surface area contributed by atoms with Gasteiger partial charge in [0.15, 0.2) is 23.0 Å². The first-order valence-corrected chi connectivity index (χ1v) is 7.70. The maximum absolute atomic E-state index is 11.5.